The molecule has 8 heteroatoms. The van der Waals surface area contributed by atoms with Crippen molar-refractivity contribution in [1.82, 2.24) is 14.3 Å². The van der Waals surface area contributed by atoms with Crippen LogP contribution in [0.1, 0.15) is 12.0 Å². The molecule has 122 valence electrons. The highest BCUT2D eigenvalue weighted by Gasteiger charge is 2.34. The predicted molar refractivity (Wildman–Crippen MR) is 81.0 cm³/mol. The predicted octanol–water partition coefficient (Wildman–Crippen LogP) is 1.77. The summed E-state index contributed by atoms with van der Waals surface area (Å²) in [5, 5.41) is 0. The van der Waals surface area contributed by atoms with E-state index < -0.39 is 15.8 Å². The minimum absolute atomic E-state index is 0.124. The molecule has 1 unspecified atom stereocenters. The standard InChI is InChI=1S/C15H16FN3O3S/c1-11-8-12(16)2-3-14(11)23(20,21)19-7-4-13(10-19)22-15-9-17-5-6-18-15/h2-3,5-6,8-9,13H,4,7,10H2,1H3. The Morgan fingerprint density at radius 2 is 2.17 bits per heavy atom. The topological polar surface area (TPSA) is 72.4 Å². The van der Waals surface area contributed by atoms with E-state index in [4.69, 9.17) is 4.74 Å². The van der Waals surface area contributed by atoms with Gasteiger partial charge in [0.2, 0.25) is 15.9 Å². The van der Waals surface area contributed by atoms with Crippen molar-refractivity contribution >= 4 is 10.0 Å². The van der Waals surface area contributed by atoms with Crippen LogP contribution in [0.25, 0.3) is 0 Å². The second-order valence-corrected chi connectivity index (χ2v) is 7.25. The fraction of sp³-hybridized carbons (Fsp3) is 0.333. The second-order valence-electron chi connectivity index (χ2n) is 5.35. The Hall–Kier alpha value is -2.06. The first-order valence-corrected chi connectivity index (χ1v) is 8.60. The number of sulfonamides is 1. The minimum Gasteiger partial charge on any atom is -0.472 e. The van der Waals surface area contributed by atoms with Gasteiger partial charge in [-0.05, 0) is 37.1 Å². The zero-order valence-electron chi connectivity index (χ0n) is 12.5. The molecular formula is C15H16FN3O3S. The molecule has 1 aliphatic rings. The van der Waals surface area contributed by atoms with Gasteiger partial charge in [0.15, 0.2) is 0 Å². The molecule has 1 aromatic carbocycles. The molecule has 0 saturated carbocycles. The van der Waals surface area contributed by atoms with Crippen molar-refractivity contribution in [2.45, 2.75) is 24.3 Å². The third kappa shape index (κ3) is 3.32. The van der Waals surface area contributed by atoms with Gasteiger partial charge in [-0.3, -0.25) is 4.98 Å². The first kappa shape index (κ1) is 15.8. The zero-order chi connectivity index (χ0) is 16.4. The van der Waals surface area contributed by atoms with Crippen LogP contribution in [0.2, 0.25) is 0 Å². The average Bonchev–Trinajstić information content (AvgIpc) is 2.97. The number of halogens is 1. The number of benzene rings is 1. The van der Waals surface area contributed by atoms with Crippen LogP contribution < -0.4 is 4.74 Å². The lowest BCUT2D eigenvalue weighted by molar-refractivity contribution is 0.206. The lowest BCUT2D eigenvalue weighted by Crippen LogP contribution is -2.31. The van der Waals surface area contributed by atoms with Gasteiger partial charge in [-0.25, -0.2) is 17.8 Å². The van der Waals surface area contributed by atoms with Crippen LogP contribution in [-0.4, -0.2) is 41.9 Å². The summed E-state index contributed by atoms with van der Waals surface area (Å²) in [4.78, 5) is 8.05. The highest BCUT2D eigenvalue weighted by Crippen LogP contribution is 2.25. The molecule has 0 spiro atoms. The van der Waals surface area contributed by atoms with Crippen molar-refractivity contribution in [3.05, 3.63) is 48.2 Å². The van der Waals surface area contributed by atoms with Crippen LogP contribution in [0.4, 0.5) is 4.39 Å². The van der Waals surface area contributed by atoms with Gasteiger partial charge in [0, 0.05) is 18.9 Å². The Balaban J connectivity index is 1.75. The molecular weight excluding hydrogens is 321 g/mol. The highest BCUT2D eigenvalue weighted by molar-refractivity contribution is 7.89. The van der Waals surface area contributed by atoms with E-state index in [9.17, 15) is 12.8 Å². The van der Waals surface area contributed by atoms with Gasteiger partial charge >= 0.3 is 0 Å². The molecule has 0 amide bonds. The first-order valence-electron chi connectivity index (χ1n) is 7.16. The third-order valence-electron chi connectivity index (χ3n) is 3.69. The van der Waals surface area contributed by atoms with Gasteiger partial charge in [-0.15, -0.1) is 0 Å². The van der Waals surface area contributed by atoms with Crippen molar-refractivity contribution in [3.63, 3.8) is 0 Å². The number of nitrogens with zero attached hydrogens (tertiary/aromatic N) is 3. The average molecular weight is 337 g/mol. The molecule has 23 heavy (non-hydrogen) atoms. The molecule has 6 nitrogen and oxygen atoms in total. The van der Waals surface area contributed by atoms with Crippen molar-refractivity contribution in [2.75, 3.05) is 13.1 Å². The van der Waals surface area contributed by atoms with E-state index in [1.165, 1.54) is 35.0 Å². The van der Waals surface area contributed by atoms with Gasteiger partial charge < -0.3 is 4.74 Å². The maximum Gasteiger partial charge on any atom is 0.243 e. The zero-order valence-corrected chi connectivity index (χ0v) is 13.3. The summed E-state index contributed by atoms with van der Waals surface area (Å²) in [5.74, 6) is -0.0820. The highest BCUT2D eigenvalue weighted by atomic mass is 32.2. The number of ether oxygens (including phenoxy) is 1. The molecule has 2 aromatic rings. The molecule has 0 aliphatic carbocycles. The first-order chi connectivity index (χ1) is 11.0. The summed E-state index contributed by atoms with van der Waals surface area (Å²) in [6, 6.07) is 3.68. The van der Waals surface area contributed by atoms with Gasteiger partial charge in [0.05, 0.1) is 17.6 Å². The van der Waals surface area contributed by atoms with E-state index in [0.717, 1.165) is 6.07 Å². The molecule has 0 bridgehead atoms. The van der Waals surface area contributed by atoms with Crippen LogP contribution >= 0.6 is 0 Å². The Morgan fingerprint density at radius 1 is 1.35 bits per heavy atom. The summed E-state index contributed by atoms with van der Waals surface area (Å²) < 4.78 is 45.5. The number of rotatable bonds is 4. The quantitative estimate of drug-likeness (QED) is 0.850. The molecule has 1 atom stereocenters. The molecule has 2 heterocycles. The summed E-state index contributed by atoms with van der Waals surface area (Å²) in [6.45, 7) is 2.17. The Bertz CT molecular complexity index is 799. The molecule has 0 radical (unpaired) electrons. The minimum atomic E-state index is -3.66. The maximum absolute atomic E-state index is 13.2. The van der Waals surface area contributed by atoms with Crippen molar-refractivity contribution < 1.29 is 17.5 Å². The van der Waals surface area contributed by atoms with Gasteiger partial charge in [-0.2, -0.15) is 4.31 Å². The summed E-state index contributed by atoms with van der Waals surface area (Å²) in [7, 11) is -3.66. The summed E-state index contributed by atoms with van der Waals surface area (Å²) >= 11 is 0. The van der Waals surface area contributed by atoms with Gasteiger partial charge in [-0.1, -0.05) is 0 Å². The summed E-state index contributed by atoms with van der Waals surface area (Å²) in [6.07, 6.45) is 4.83. The number of hydrogen-bond acceptors (Lipinski definition) is 5. The smallest absolute Gasteiger partial charge is 0.243 e. The largest absolute Gasteiger partial charge is 0.472 e. The van der Waals surface area contributed by atoms with Crippen molar-refractivity contribution in [3.8, 4) is 5.88 Å². The Labute approximate surface area is 134 Å². The van der Waals surface area contributed by atoms with Crippen LogP contribution in [0.5, 0.6) is 5.88 Å². The molecule has 1 aromatic heterocycles. The van der Waals surface area contributed by atoms with Gasteiger partial charge in [0.1, 0.15) is 11.9 Å². The third-order valence-corrected chi connectivity index (χ3v) is 5.71. The fourth-order valence-corrected chi connectivity index (χ4v) is 4.26. The molecule has 1 saturated heterocycles. The van der Waals surface area contributed by atoms with Gasteiger partial charge in [0.25, 0.3) is 0 Å². The number of aryl methyl sites for hydroxylation is 1. The monoisotopic (exact) mass is 337 g/mol. The van der Waals surface area contributed by atoms with E-state index in [1.807, 2.05) is 0 Å². The van der Waals surface area contributed by atoms with E-state index in [0.29, 0.717) is 24.4 Å². The van der Waals surface area contributed by atoms with Crippen LogP contribution in [0.3, 0.4) is 0 Å². The second kappa shape index (κ2) is 6.21. The van der Waals surface area contributed by atoms with Crippen molar-refractivity contribution in [2.24, 2.45) is 0 Å². The number of hydrogen-bond donors (Lipinski definition) is 0. The number of aromatic nitrogens is 2. The van der Waals surface area contributed by atoms with E-state index in [1.54, 1.807) is 6.92 Å². The Morgan fingerprint density at radius 3 is 2.87 bits per heavy atom. The SMILES string of the molecule is Cc1cc(F)ccc1S(=O)(=O)N1CCC(Oc2cnccn2)C1. The van der Waals surface area contributed by atoms with E-state index in [2.05, 4.69) is 9.97 Å². The summed E-state index contributed by atoms with van der Waals surface area (Å²) in [5.41, 5.74) is 0.392. The lowest BCUT2D eigenvalue weighted by atomic mass is 10.2. The molecule has 3 rings (SSSR count). The maximum atomic E-state index is 13.2. The molecule has 1 fully saturated rings. The van der Waals surface area contributed by atoms with E-state index >= 15 is 0 Å². The van der Waals surface area contributed by atoms with Crippen LogP contribution in [-0.2, 0) is 10.0 Å². The van der Waals surface area contributed by atoms with Crippen molar-refractivity contribution in [1.29, 1.82) is 0 Å². The lowest BCUT2D eigenvalue weighted by Gasteiger charge is -2.18. The Kier molecular flexibility index (Phi) is 4.27. The van der Waals surface area contributed by atoms with Crippen LogP contribution in [0, 0.1) is 12.7 Å². The normalized spacial score (nSPS) is 19.0. The van der Waals surface area contributed by atoms with E-state index in [-0.39, 0.29) is 17.5 Å². The molecule has 1 aliphatic heterocycles. The molecule has 0 N–H and O–H groups in total. The van der Waals surface area contributed by atoms with Crippen LogP contribution in [0.15, 0.2) is 41.7 Å². The fourth-order valence-electron chi connectivity index (χ4n) is 2.57.